The van der Waals surface area contributed by atoms with Crippen molar-refractivity contribution in [1.29, 1.82) is 0 Å². The molecule has 0 aliphatic heterocycles. The van der Waals surface area contributed by atoms with Gasteiger partial charge in [0.15, 0.2) is 0 Å². The Balaban J connectivity index is 5.48. The molecule has 4 unspecified atom stereocenters. The maximum atomic E-state index is 12.5. The minimum atomic E-state index is -1.54. The van der Waals surface area contributed by atoms with Crippen LogP contribution in [-0.2, 0) is 28.8 Å². The van der Waals surface area contributed by atoms with E-state index in [0.717, 1.165) is 0 Å². The highest BCUT2D eigenvalue weighted by molar-refractivity contribution is 5.97. The van der Waals surface area contributed by atoms with E-state index in [4.69, 9.17) is 17.2 Å². The number of rotatable bonds is 12. The van der Waals surface area contributed by atoms with Crippen LogP contribution >= 0.6 is 0 Å². The fourth-order valence-corrected chi connectivity index (χ4v) is 2.16. The Bertz CT molecular complexity index is 664. The van der Waals surface area contributed by atoms with E-state index in [0.29, 0.717) is 0 Å². The van der Waals surface area contributed by atoms with E-state index in [2.05, 4.69) is 16.0 Å². The lowest BCUT2D eigenvalue weighted by atomic mass is 10.0. The molecule has 13 nitrogen and oxygen atoms in total. The monoisotopic (exact) mass is 416 g/mol. The number of amides is 5. The van der Waals surface area contributed by atoms with Crippen molar-refractivity contribution in [3.05, 3.63) is 0 Å². The van der Waals surface area contributed by atoms with Gasteiger partial charge in [-0.3, -0.25) is 24.0 Å². The SMILES string of the molecule is CC(N)C(=O)NC(CC(N)=O)C(=O)NC(CC(N)=O)C(=O)NC(C(=O)O)C(C)C. The molecule has 0 aromatic carbocycles. The van der Waals surface area contributed by atoms with Gasteiger partial charge in [0.25, 0.3) is 0 Å². The molecule has 4 atom stereocenters. The lowest BCUT2D eigenvalue weighted by Crippen LogP contribution is -2.58. The average molecular weight is 416 g/mol. The van der Waals surface area contributed by atoms with Gasteiger partial charge < -0.3 is 38.3 Å². The topological polar surface area (TPSA) is 237 Å². The van der Waals surface area contributed by atoms with Crippen LogP contribution in [-0.4, -0.2) is 64.8 Å². The first-order valence-electron chi connectivity index (χ1n) is 8.72. The Morgan fingerprint density at radius 2 is 1.14 bits per heavy atom. The molecule has 0 aliphatic carbocycles. The molecule has 0 aromatic rings. The Morgan fingerprint density at radius 1 is 0.759 bits per heavy atom. The molecule has 0 spiro atoms. The van der Waals surface area contributed by atoms with E-state index in [1.807, 2.05) is 0 Å². The summed E-state index contributed by atoms with van der Waals surface area (Å²) in [6, 6.07) is -5.28. The largest absolute Gasteiger partial charge is 0.480 e. The van der Waals surface area contributed by atoms with E-state index in [-0.39, 0.29) is 0 Å². The molecule has 0 saturated heterocycles. The second kappa shape index (κ2) is 11.6. The number of carboxylic acids is 1. The van der Waals surface area contributed by atoms with Crippen molar-refractivity contribution in [2.24, 2.45) is 23.1 Å². The molecule has 0 aromatic heterocycles. The van der Waals surface area contributed by atoms with Crippen LogP contribution in [0, 0.1) is 5.92 Å². The fourth-order valence-electron chi connectivity index (χ4n) is 2.16. The van der Waals surface area contributed by atoms with Crippen LogP contribution < -0.4 is 33.2 Å². The summed E-state index contributed by atoms with van der Waals surface area (Å²) < 4.78 is 0. The second-order valence-corrected chi connectivity index (χ2v) is 6.82. The molecule has 0 heterocycles. The molecule has 0 fully saturated rings. The minimum Gasteiger partial charge on any atom is -0.480 e. The summed E-state index contributed by atoms with van der Waals surface area (Å²) in [5, 5.41) is 15.8. The van der Waals surface area contributed by atoms with Crippen molar-refractivity contribution in [1.82, 2.24) is 16.0 Å². The predicted octanol–water partition coefficient (Wildman–Crippen LogP) is -3.72. The van der Waals surface area contributed by atoms with Gasteiger partial charge in [-0.05, 0) is 12.8 Å². The van der Waals surface area contributed by atoms with Crippen LogP contribution in [0.5, 0.6) is 0 Å². The zero-order chi connectivity index (χ0) is 22.9. The molecule has 0 radical (unpaired) electrons. The molecule has 0 rings (SSSR count). The zero-order valence-electron chi connectivity index (χ0n) is 16.4. The van der Waals surface area contributed by atoms with Crippen LogP contribution in [0.3, 0.4) is 0 Å². The Morgan fingerprint density at radius 3 is 1.45 bits per heavy atom. The normalized spacial score (nSPS) is 14.8. The van der Waals surface area contributed by atoms with Gasteiger partial charge in [0.05, 0.1) is 18.9 Å². The van der Waals surface area contributed by atoms with Gasteiger partial charge in [0, 0.05) is 0 Å². The molecule has 5 amide bonds. The number of carbonyl (C=O) groups is 6. The smallest absolute Gasteiger partial charge is 0.326 e. The third kappa shape index (κ3) is 9.51. The maximum absolute atomic E-state index is 12.5. The second-order valence-electron chi connectivity index (χ2n) is 6.82. The van der Waals surface area contributed by atoms with Gasteiger partial charge in [0.1, 0.15) is 18.1 Å². The first-order chi connectivity index (χ1) is 13.3. The fraction of sp³-hybridized carbons (Fsp3) is 0.625. The number of hydrogen-bond donors (Lipinski definition) is 7. The molecule has 0 saturated carbocycles. The number of carbonyl (C=O) groups excluding carboxylic acids is 5. The van der Waals surface area contributed by atoms with E-state index >= 15 is 0 Å². The molecule has 10 N–H and O–H groups in total. The van der Waals surface area contributed by atoms with Crippen molar-refractivity contribution in [2.45, 2.75) is 57.8 Å². The molecular formula is C16H28N6O7. The molecule has 0 aliphatic rings. The van der Waals surface area contributed by atoms with Gasteiger partial charge >= 0.3 is 5.97 Å². The molecular weight excluding hydrogens is 388 g/mol. The molecule has 0 bridgehead atoms. The third-order valence-electron chi connectivity index (χ3n) is 3.72. The van der Waals surface area contributed by atoms with Crippen molar-refractivity contribution in [2.75, 3.05) is 0 Å². The Hall–Kier alpha value is -3.22. The average Bonchev–Trinajstić information content (AvgIpc) is 2.56. The number of nitrogens with one attached hydrogen (secondary N) is 3. The van der Waals surface area contributed by atoms with E-state index in [9.17, 15) is 33.9 Å². The van der Waals surface area contributed by atoms with Crippen LogP contribution in [0.1, 0.15) is 33.6 Å². The summed E-state index contributed by atoms with van der Waals surface area (Å²) >= 11 is 0. The summed E-state index contributed by atoms with van der Waals surface area (Å²) in [4.78, 5) is 70.4. The number of aliphatic carboxylic acids is 1. The van der Waals surface area contributed by atoms with Gasteiger partial charge in [-0.1, -0.05) is 13.8 Å². The van der Waals surface area contributed by atoms with Crippen molar-refractivity contribution in [3.63, 3.8) is 0 Å². The zero-order valence-corrected chi connectivity index (χ0v) is 16.4. The number of primary amides is 2. The van der Waals surface area contributed by atoms with E-state index in [1.165, 1.54) is 6.92 Å². The quantitative estimate of drug-likeness (QED) is 0.166. The number of hydrogen-bond acceptors (Lipinski definition) is 7. The minimum absolute atomic E-state index is 0.491. The van der Waals surface area contributed by atoms with Gasteiger partial charge in [-0.2, -0.15) is 0 Å². The van der Waals surface area contributed by atoms with Gasteiger partial charge in [-0.25, -0.2) is 4.79 Å². The van der Waals surface area contributed by atoms with Crippen LogP contribution in [0.25, 0.3) is 0 Å². The Kier molecular flexibility index (Phi) is 10.3. The van der Waals surface area contributed by atoms with E-state index in [1.54, 1.807) is 13.8 Å². The van der Waals surface area contributed by atoms with E-state index < -0.39 is 78.4 Å². The van der Waals surface area contributed by atoms with Gasteiger partial charge in [-0.15, -0.1) is 0 Å². The molecule has 13 heteroatoms. The predicted molar refractivity (Wildman–Crippen MR) is 99.5 cm³/mol. The summed E-state index contributed by atoms with van der Waals surface area (Å²) in [6.07, 6.45) is -1.24. The first-order valence-corrected chi connectivity index (χ1v) is 8.72. The highest BCUT2D eigenvalue weighted by Gasteiger charge is 2.32. The van der Waals surface area contributed by atoms with Crippen LogP contribution in [0.4, 0.5) is 0 Å². The highest BCUT2D eigenvalue weighted by Crippen LogP contribution is 2.04. The van der Waals surface area contributed by atoms with Crippen LogP contribution in [0.2, 0.25) is 0 Å². The summed E-state index contributed by atoms with van der Waals surface area (Å²) in [6.45, 7) is 4.44. The van der Waals surface area contributed by atoms with Crippen molar-refractivity contribution < 1.29 is 33.9 Å². The standard InChI is InChI=1S/C16H28N6O7/c1-6(2)12(16(28)29)22-15(27)9(5-11(19)24)21-14(26)8(4-10(18)23)20-13(25)7(3)17/h6-9,12H,4-5,17H2,1-3H3,(H2,18,23)(H2,19,24)(H,20,25)(H,21,26)(H,22,27)(H,28,29). The first kappa shape index (κ1) is 25.8. The summed E-state index contributed by atoms with van der Waals surface area (Å²) in [5.74, 6) is -6.41. The van der Waals surface area contributed by atoms with Crippen molar-refractivity contribution in [3.8, 4) is 0 Å². The number of carboxylic acid groups (broad SMARTS) is 1. The maximum Gasteiger partial charge on any atom is 0.326 e. The molecule has 164 valence electrons. The van der Waals surface area contributed by atoms with Crippen molar-refractivity contribution >= 4 is 35.5 Å². The number of nitrogens with two attached hydrogens (primary N) is 3. The van der Waals surface area contributed by atoms with Crippen LogP contribution in [0.15, 0.2) is 0 Å². The third-order valence-corrected chi connectivity index (χ3v) is 3.72. The summed E-state index contributed by atoms with van der Waals surface area (Å²) in [7, 11) is 0. The molecule has 29 heavy (non-hydrogen) atoms. The highest BCUT2D eigenvalue weighted by atomic mass is 16.4. The Labute approximate surface area is 167 Å². The lowest BCUT2D eigenvalue weighted by molar-refractivity contribution is -0.143. The lowest BCUT2D eigenvalue weighted by Gasteiger charge is -2.25. The van der Waals surface area contributed by atoms with Gasteiger partial charge in [0.2, 0.25) is 29.5 Å². The summed E-state index contributed by atoms with van der Waals surface area (Å²) in [5.41, 5.74) is 15.6.